The third kappa shape index (κ3) is 3.14. The standard InChI is InChI=1S/C15H26N2O3/c1-3-13(15(19)20)17(2)14(18)12-9-8-10-6-4-5-7-11(10)16-12/h10-13,16H,3-9H2,1-2H3,(H,19,20). The normalized spacial score (nSPS) is 31.2. The zero-order valence-corrected chi connectivity index (χ0v) is 12.5. The zero-order chi connectivity index (χ0) is 14.7. The Balaban J connectivity index is 1.97. The first kappa shape index (κ1) is 15.3. The van der Waals surface area contributed by atoms with Gasteiger partial charge in [-0.2, -0.15) is 0 Å². The Bertz CT molecular complexity index is 372. The molecule has 2 aliphatic rings. The molecule has 1 aliphatic carbocycles. The highest BCUT2D eigenvalue weighted by Gasteiger charge is 2.37. The summed E-state index contributed by atoms with van der Waals surface area (Å²) in [5, 5.41) is 12.6. The largest absolute Gasteiger partial charge is 0.480 e. The molecule has 4 atom stereocenters. The van der Waals surface area contributed by atoms with Gasteiger partial charge >= 0.3 is 5.97 Å². The molecule has 1 saturated heterocycles. The van der Waals surface area contributed by atoms with Gasteiger partial charge in [-0.05, 0) is 38.0 Å². The predicted octanol–water partition coefficient (Wildman–Crippen LogP) is 1.62. The van der Waals surface area contributed by atoms with Gasteiger partial charge in [0.15, 0.2) is 0 Å². The summed E-state index contributed by atoms with van der Waals surface area (Å²) < 4.78 is 0. The summed E-state index contributed by atoms with van der Waals surface area (Å²) in [5.74, 6) is -0.280. The van der Waals surface area contributed by atoms with E-state index in [-0.39, 0.29) is 11.9 Å². The van der Waals surface area contributed by atoms with Crippen LogP contribution in [0.15, 0.2) is 0 Å². The van der Waals surface area contributed by atoms with Crippen molar-refractivity contribution in [3.05, 3.63) is 0 Å². The predicted molar refractivity (Wildman–Crippen MR) is 76.4 cm³/mol. The number of nitrogens with one attached hydrogen (secondary N) is 1. The third-order valence-electron chi connectivity index (χ3n) is 4.94. The topological polar surface area (TPSA) is 69.6 Å². The number of nitrogens with zero attached hydrogens (tertiary/aromatic N) is 1. The Morgan fingerprint density at radius 2 is 1.95 bits per heavy atom. The van der Waals surface area contributed by atoms with E-state index >= 15 is 0 Å². The van der Waals surface area contributed by atoms with E-state index in [1.807, 2.05) is 0 Å². The molecule has 0 spiro atoms. The molecule has 2 N–H and O–H groups in total. The third-order valence-corrected chi connectivity index (χ3v) is 4.94. The summed E-state index contributed by atoms with van der Waals surface area (Å²) in [4.78, 5) is 25.1. The molecule has 20 heavy (non-hydrogen) atoms. The highest BCUT2D eigenvalue weighted by atomic mass is 16.4. The molecule has 0 aromatic rings. The lowest BCUT2D eigenvalue weighted by Crippen LogP contribution is -2.57. The van der Waals surface area contributed by atoms with Gasteiger partial charge in [0, 0.05) is 13.1 Å². The zero-order valence-electron chi connectivity index (χ0n) is 12.5. The maximum atomic E-state index is 12.5. The number of hydrogen-bond acceptors (Lipinski definition) is 3. The molecule has 114 valence electrons. The first-order chi connectivity index (χ1) is 9.54. The Morgan fingerprint density at radius 3 is 2.60 bits per heavy atom. The number of carbonyl (C=O) groups is 2. The van der Waals surface area contributed by atoms with Crippen molar-refractivity contribution >= 4 is 11.9 Å². The second-order valence-corrected chi connectivity index (χ2v) is 6.16. The van der Waals surface area contributed by atoms with E-state index in [2.05, 4.69) is 5.32 Å². The molecular weight excluding hydrogens is 256 g/mol. The van der Waals surface area contributed by atoms with Crippen LogP contribution in [-0.4, -0.2) is 47.1 Å². The summed E-state index contributed by atoms with van der Waals surface area (Å²) >= 11 is 0. The van der Waals surface area contributed by atoms with Crippen molar-refractivity contribution in [1.29, 1.82) is 0 Å². The van der Waals surface area contributed by atoms with Crippen LogP contribution in [0.4, 0.5) is 0 Å². The second kappa shape index (κ2) is 6.57. The van der Waals surface area contributed by atoms with Gasteiger partial charge in [-0.1, -0.05) is 19.8 Å². The van der Waals surface area contributed by atoms with Gasteiger partial charge in [0.05, 0.1) is 6.04 Å². The molecule has 5 nitrogen and oxygen atoms in total. The van der Waals surface area contributed by atoms with E-state index in [4.69, 9.17) is 5.11 Å². The number of likely N-dealkylation sites (N-methyl/N-ethyl adjacent to an activating group) is 1. The van der Waals surface area contributed by atoms with E-state index in [9.17, 15) is 9.59 Å². The molecule has 2 rings (SSSR count). The van der Waals surface area contributed by atoms with Gasteiger partial charge in [0.2, 0.25) is 5.91 Å². The molecule has 0 radical (unpaired) electrons. The van der Waals surface area contributed by atoms with Crippen LogP contribution in [0.2, 0.25) is 0 Å². The quantitative estimate of drug-likeness (QED) is 0.822. The van der Waals surface area contributed by atoms with Crippen LogP contribution in [0.3, 0.4) is 0 Å². The molecule has 1 heterocycles. The van der Waals surface area contributed by atoms with E-state index in [0.717, 1.165) is 19.3 Å². The first-order valence-corrected chi connectivity index (χ1v) is 7.80. The summed E-state index contributed by atoms with van der Waals surface area (Å²) in [7, 11) is 1.61. The van der Waals surface area contributed by atoms with Crippen molar-refractivity contribution in [3.63, 3.8) is 0 Å². The fourth-order valence-corrected chi connectivity index (χ4v) is 3.70. The van der Waals surface area contributed by atoms with Crippen molar-refractivity contribution in [3.8, 4) is 0 Å². The maximum Gasteiger partial charge on any atom is 0.326 e. The molecule has 4 unspecified atom stereocenters. The van der Waals surface area contributed by atoms with Gasteiger partial charge < -0.3 is 15.3 Å². The first-order valence-electron chi connectivity index (χ1n) is 7.80. The number of aliphatic carboxylic acids is 1. The van der Waals surface area contributed by atoms with Crippen molar-refractivity contribution in [2.75, 3.05) is 7.05 Å². The van der Waals surface area contributed by atoms with Crippen molar-refractivity contribution in [2.45, 2.75) is 70.0 Å². The number of carboxylic acids is 1. The minimum Gasteiger partial charge on any atom is -0.480 e. The second-order valence-electron chi connectivity index (χ2n) is 6.16. The van der Waals surface area contributed by atoms with E-state index in [1.54, 1.807) is 14.0 Å². The van der Waals surface area contributed by atoms with E-state index in [1.165, 1.54) is 24.2 Å². The number of rotatable bonds is 4. The van der Waals surface area contributed by atoms with E-state index in [0.29, 0.717) is 18.4 Å². The fourth-order valence-electron chi connectivity index (χ4n) is 3.70. The summed E-state index contributed by atoms with van der Waals surface area (Å²) in [6, 6.07) is -0.467. The number of fused-ring (bicyclic) bond motifs is 1. The van der Waals surface area contributed by atoms with E-state index < -0.39 is 12.0 Å². The Labute approximate surface area is 120 Å². The Hall–Kier alpha value is -1.10. The number of hydrogen-bond donors (Lipinski definition) is 2. The maximum absolute atomic E-state index is 12.5. The molecule has 1 saturated carbocycles. The average molecular weight is 282 g/mol. The molecule has 0 bridgehead atoms. The van der Waals surface area contributed by atoms with Crippen molar-refractivity contribution in [2.24, 2.45) is 5.92 Å². The molecule has 1 amide bonds. The molecule has 5 heteroatoms. The Kier molecular flexibility index (Phi) is 5.02. The van der Waals surface area contributed by atoms with Crippen LogP contribution in [-0.2, 0) is 9.59 Å². The lowest BCUT2D eigenvalue weighted by molar-refractivity contribution is -0.150. The molecule has 1 aliphatic heterocycles. The number of carbonyl (C=O) groups excluding carboxylic acids is 1. The molecular formula is C15H26N2O3. The lowest BCUT2D eigenvalue weighted by atomic mass is 9.77. The van der Waals surface area contributed by atoms with Gasteiger partial charge in [0.1, 0.15) is 6.04 Å². The molecule has 0 aromatic carbocycles. The van der Waals surface area contributed by atoms with Crippen molar-refractivity contribution < 1.29 is 14.7 Å². The van der Waals surface area contributed by atoms with Gasteiger partial charge in [0.25, 0.3) is 0 Å². The minimum atomic E-state index is -0.922. The lowest BCUT2D eigenvalue weighted by Gasteiger charge is -2.41. The highest BCUT2D eigenvalue weighted by Crippen LogP contribution is 2.32. The number of piperidine rings is 1. The Morgan fingerprint density at radius 1 is 1.25 bits per heavy atom. The monoisotopic (exact) mass is 282 g/mol. The summed E-state index contributed by atoms with van der Waals surface area (Å²) in [6.07, 6.45) is 7.31. The number of carboxylic acid groups (broad SMARTS) is 1. The minimum absolute atomic E-state index is 0.0664. The average Bonchev–Trinajstić information content (AvgIpc) is 2.46. The van der Waals surface area contributed by atoms with Crippen LogP contribution in [0.5, 0.6) is 0 Å². The highest BCUT2D eigenvalue weighted by molar-refractivity contribution is 5.86. The molecule has 2 fully saturated rings. The summed E-state index contributed by atoms with van der Waals surface area (Å²) in [5.41, 5.74) is 0. The van der Waals surface area contributed by atoms with Gasteiger partial charge in [-0.25, -0.2) is 4.79 Å². The fraction of sp³-hybridized carbons (Fsp3) is 0.867. The van der Waals surface area contributed by atoms with Crippen LogP contribution < -0.4 is 5.32 Å². The van der Waals surface area contributed by atoms with Crippen LogP contribution in [0.25, 0.3) is 0 Å². The smallest absolute Gasteiger partial charge is 0.326 e. The SMILES string of the molecule is CCC(C(=O)O)N(C)C(=O)C1CCC2CCCCC2N1. The van der Waals surface area contributed by atoms with Crippen LogP contribution in [0.1, 0.15) is 51.9 Å². The van der Waals surface area contributed by atoms with Crippen molar-refractivity contribution in [1.82, 2.24) is 10.2 Å². The van der Waals surface area contributed by atoms with Crippen LogP contribution >= 0.6 is 0 Å². The number of amides is 1. The van der Waals surface area contributed by atoms with Gasteiger partial charge in [-0.3, -0.25) is 4.79 Å². The molecule has 0 aromatic heterocycles. The van der Waals surface area contributed by atoms with Gasteiger partial charge in [-0.15, -0.1) is 0 Å². The van der Waals surface area contributed by atoms with Crippen LogP contribution in [0, 0.1) is 5.92 Å². The summed E-state index contributed by atoms with van der Waals surface area (Å²) in [6.45, 7) is 1.80.